The van der Waals surface area contributed by atoms with Crippen LogP contribution in [0.3, 0.4) is 0 Å². The monoisotopic (exact) mass is 731 g/mol. The van der Waals surface area contributed by atoms with E-state index in [-0.39, 0.29) is 24.8 Å². The fourth-order valence-corrected chi connectivity index (χ4v) is 31.4. The summed E-state index contributed by atoms with van der Waals surface area (Å²) in [6.07, 6.45) is 5.13. The Kier molecular flexibility index (Phi) is 9.48. The normalized spacial score (nSPS) is 16.4. The molecule has 4 heteroatoms. The molecule has 0 amide bonds. The number of benzene rings is 6. The van der Waals surface area contributed by atoms with Crippen LogP contribution in [0, 0.1) is 0 Å². The maximum Gasteiger partial charge on any atom is -0.147 e. The molecule has 0 fully saturated rings. The van der Waals surface area contributed by atoms with Crippen LogP contribution >= 0.6 is 24.8 Å². The van der Waals surface area contributed by atoms with E-state index in [2.05, 4.69) is 160 Å². The molecule has 2 aliphatic rings. The van der Waals surface area contributed by atoms with E-state index >= 15 is 0 Å². The van der Waals surface area contributed by atoms with Crippen LogP contribution in [0.2, 0.25) is 13.1 Å². The summed E-state index contributed by atoms with van der Waals surface area (Å²) in [5.74, 6) is -0.931. The first kappa shape index (κ1) is 32.9. The second kappa shape index (κ2) is 13.2. The number of allylic oxidation sites excluding steroid dienone is 2. The maximum atomic E-state index is 2.66. The molecule has 0 N–H and O–H groups in total. The zero-order valence-corrected chi connectivity index (χ0v) is 32.0. The number of hydrogen-bond donors (Lipinski definition) is 0. The van der Waals surface area contributed by atoms with Crippen LogP contribution in [0.5, 0.6) is 0 Å². The Morgan fingerprint density at radius 3 is 1.26 bits per heavy atom. The predicted molar refractivity (Wildman–Crippen MR) is 205 cm³/mol. The van der Waals surface area contributed by atoms with Crippen molar-refractivity contribution in [2.24, 2.45) is 0 Å². The molecule has 0 nitrogen and oxygen atoms in total. The van der Waals surface area contributed by atoms with Gasteiger partial charge in [0.2, 0.25) is 0 Å². The van der Waals surface area contributed by atoms with E-state index in [9.17, 15) is 0 Å². The van der Waals surface area contributed by atoms with Gasteiger partial charge in [-0.2, -0.15) is 0 Å². The SMILES string of the molecule is CC1=Cc2c(-c3cccc4ccccc34)cccc2[CH]1[Zr]([CH]1C(C)=Cc2c(-c3cccc4ccccc34)cccc21)[SiH](C)C.Cl.Cl. The predicted octanol–water partition coefficient (Wildman–Crippen LogP) is 12.4. The summed E-state index contributed by atoms with van der Waals surface area (Å²) < 4.78 is 1.27. The molecule has 2 unspecified atom stereocenters. The van der Waals surface area contributed by atoms with Crippen molar-refractivity contribution in [3.63, 3.8) is 0 Å². The van der Waals surface area contributed by atoms with Gasteiger partial charge in [0.15, 0.2) is 0 Å². The van der Waals surface area contributed by atoms with Gasteiger partial charge in [0, 0.05) is 0 Å². The van der Waals surface area contributed by atoms with E-state index in [1.165, 1.54) is 54.9 Å². The smallest absolute Gasteiger partial charge is 0.147 e. The molecular formula is C42H39Cl2SiZr. The van der Waals surface area contributed by atoms with Crippen molar-refractivity contribution in [3.05, 3.63) is 155 Å². The number of halogens is 2. The van der Waals surface area contributed by atoms with Crippen LogP contribution in [0.4, 0.5) is 0 Å². The van der Waals surface area contributed by atoms with Crippen molar-refractivity contribution in [1.29, 1.82) is 0 Å². The zero-order chi connectivity index (χ0) is 29.9. The fraction of sp³-hybridized carbons (Fsp3) is 0.143. The molecule has 2 atom stereocenters. The first-order valence-corrected chi connectivity index (χ1v) is 25.9. The molecule has 6 aromatic carbocycles. The van der Waals surface area contributed by atoms with Gasteiger partial charge in [-0.25, -0.2) is 0 Å². The molecule has 0 saturated heterocycles. The summed E-state index contributed by atoms with van der Waals surface area (Å²) in [4.78, 5) is 0. The molecular weight excluding hydrogens is 695 g/mol. The van der Waals surface area contributed by atoms with Gasteiger partial charge in [0.1, 0.15) is 0 Å². The van der Waals surface area contributed by atoms with Crippen molar-refractivity contribution in [2.45, 2.75) is 34.2 Å². The molecule has 6 aromatic rings. The van der Waals surface area contributed by atoms with E-state index in [1.807, 2.05) is 0 Å². The Bertz CT molecular complexity index is 2000. The fourth-order valence-electron chi connectivity index (χ4n) is 8.21. The van der Waals surface area contributed by atoms with Gasteiger partial charge in [-0.3, -0.25) is 0 Å². The molecule has 0 saturated carbocycles. The third-order valence-corrected chi connectivity index (χ3v) is 32.2. The van der Waals surface area contributed by atoms with Gasteiger partial charge < -0.3 is 0 Å². The maximum absolute atomic E-state index is 2.66. The largest absolute Gasteiger partial charge is 0.147 e. The topological polar surface area (TPSA) is 0 Å². The summed E-state index contributed by atoms with van der Waals surface area (Å²) in [6, 6.07) is 45.6. The Morgan fingerprint density at radius 2 is 0.826 bits per heavy atom. The first-order valence-electron chi connectivity index (χ1n) is 16.0. The summed E-state index contributed by atoms with van der Waals surface area (Å²) in [5, 5.41) is 5.32. The van der Waals surface area contributed by atoms with Crippen molar-refractivity contribution in [1.82, 2.24) is 0 Å². The van der Waals surface area contributed by atoms with Crippen LogP contribution in [0.15, 0.2) is 132 Å². The average Bonchev–Trinajstić information content (AvgIpc) is 3.56. The molecule has 46 heavy (non-hydrogen) atoms. The van der Waals surface area contributed by atoms with Crippen molar-refractivity contribution in [2.75, 3.05) is 0 Å². The van der Waals surface area contributed by atoms with Crippen LogP contribution in [0.1, 0.15) is 43.4 Å². The van der Waals surface area contributed by atoms with Gasteiger partial charge in [0.05, 0.1) is 0 Å². The Morgan fingerprint density at radius 1 is 0.457 bits per heavy atom. The third kappa shape index (κ3) is 5.32. The molecule has 0 heterocycles. The number of rotatable bonds is 5. The van der Waals surface area contributed by atoms with Crippen molar-refractivity contribution in [3.8, 4) is 22.3 Å². The molecule has 8 rings (SSSR count). The first-order chi connectivity index (χ1) is 21.5. The van der Waals surface area contributed by atoms with E-state index < -0.39 is 26.8 Å². The summed E-state index contributed by atoms with van der Waals surface area (Å²) >= 11 is -2.13. The quantitative estimate of drug-likeness (QED) is 0.155. The van der Waals surface area contributed by atoms with E-state index in [4.69, 9.17) is 0 Å². The number of hydrogen-bond acceptors (Lipinski definition) is 0. The standard InChI is InChI=1S/2C20H15.C2H7Si.2ClH.Zr/c2*1-14-12-16-8-5-11-19(20(16)13-14)18-10-4-7-15-6-2-3-9-17(15)18;1-3-2;;;/h2*2-13H,1H3;3H,1-2H3;2*1H;. The van der Waals surface area contributed by atoms with Crippen molar-refractivity contribution < 1.29 is 20.9 Å². The number of fused-ring (bicyclic) bond motifs is 4. The summed E-state index contributed by atoms with van der Waals surface area (Å²) in [7, 11) is 0. The van der Waals surface area contributed by atoms with Crippen LogP contribution < -0.4 is 0 Å². The van der Waals surface area contributed by atoms with E-state index in [0.717, 1.165) is 0 Å². The van der Waals surface area contributed by atoms with Gasteiger partial charge >= 0.3 is 272 Å². The molecule has 0 radical (unpaired) electrons. The Hall–Kier alpha value is -3.00. The zero-order valence-electron chi connectivity index (χ0n) is 26.8. The molecule has 0 spiro atoms. The summed E-state index contributed by atoms with van der Waals surface area (Å²) in [6.45, 7) is 10.2. The minimum Gasteiger partial charge on any atom is -0.147 e. The molecule has 229 valence electrons. The van der Waals surface area contributed by atoms with Crippen LogP contribution in [-0.4, -0.2) is 5.92 Å². The molecule has 0 aromatic heterocycles. The van der Waals surface area contributed by atoms with E-state index in [1.54, 1.807) is 22.3 Å². The van der Waals surface area contributed by atoms with Gasteiger partial charge in [-0.05, 0) is 0 Å². The average molecular weight is 734 g/mol. The second-order valence-electron chi connectivity index (χ2n) is 13.0. The second-order valence-corrected chi connectivity index (χ2v) is 33.0. The van der Waals surface area contributed by atoms with Crippen LogP contribution in [-0.2, 0) is 20.9 Å². The molecule has 0 aliphatic heterocycles. The van der Waals surface area contributed by atoms with Gasteiger partial charge in [0.25, 0.3) is 0 Å². The van der Waals surface area contributed by atoms with Crippen molar-refractivity contribution >= 4 is 64.4 Å². The van der Waals surface area contributed by atoms with Crippen LogP contribution in [0.25, 0.3) is 56.0 Å². The Labute approximate surface area is 294 Å². The summed E-state index contributed by atoms with van der Waals surface area (Å²) in [5.41, 5.74) is 14.9. The third-order valence-electron chi connectivity index (χ3n) is 10.0. The minimum atomic E-state index is -2.13. The molecule has 0 bridgehead atoms. The van der Waals surface area contributed by atoms with E-state index in [0.29, 0.717) is 7.25 Å². The van der Waals surface area contributed by atoms with Gasteiger partial charge in [-0.1, -0.05) is 0 Å². The Balaban J connectivity index is 0.00000186. The van der Waals surface area contributed by atoms with Gasteiger partial charge in [-0.15, -0.1) is 24.8 Å². The minimum absolute atomic E-state index is 0. The molecule has 2 aliphatic carbocycles.